The fourth-order valence-electron chi connectivity index (χ4n) is 1.53. The van der Waals surface area contributed by atoms with Gasteiger partial charge in [-0.1, -0.05) is 23.2 Å². The molecule has 1 unspecified atom stereocenters. The molecule has 5 nitrogen and oxygen atoms in total. The molecule has 0 heterocycles. The summed E-state index contributed by atoms with van der Waals surface area (Å²) in [6.07, 6.45) is -0.914. The second kappa shape index (κ2) is 10.0. The number of nitrogens with one attached hydrogen (secondary N) is 1. The Bertz CT molecular complexity index is 662. The van der Waals surface area contributed by atoms with E-state index in [-0.39, 0.29) is 0 Å². The first kappa shape index (κ1) is 20.1. The summed E-state index contributed by atoms with van der Waals surface area (Å²) in [5.74, 6) is 0.450. The predicted octanol–water partition coefficient (Wildman–Crippen LogP) is 4.47. The SMILES string of the molecule is CC(Oc1ccc(Oc2ccc(Cl)cc2Cl)cc1)C(=O)O.CNC. The molecule has 2 aromatic carbocycles. The average Bonchev–Trinajstić information content (AvgIpc) is 2.52. The third-order valence-electron chi connectivity index (χ3n) is 2.61. The zero-order valence-electron chi connectivity index (χ0n) is 13.5. The van der Waals surface area contributed by atoms with Gasteiger partial charge in [0, 0.05) is 5.02 Å². The predicted molar refractivity (Wildman–Crippen MR) is 95.7 cm³/mol. The Morgan fingerprint density at radius 1 is 1.08 bits per heavy atom. The summed E-state index contributed by atoms with van der Waals surface area (Å²) in [6.45, 7) is 1.46. The van der Waals surface area contributed by atoms with Gasteiger partial charge in [-0.2, -0.15) is 0 Å². The van der Waals surface area contributed by atoms with E-state index in [1.165, 1.54) is 6.92 Å². The van der Waals surface area contributed by atoms with Crippen molar-refractivity contribution in [1.29, 1.82) is 0 Å². The average molecular weight is 372 g/mol. The van der Waals surface area contributed by atoms with Crippen molar-refractivity contribution < 1.29 is 19.4 Å². The van der Waals surface area contributed by atoms with Crippen LogP contribution >= 0.6 is 23.2 Å². The molecular formula is C17H19Cl2NO4. The van der Waals surface area contributed by atoms with Gasteiger partial charge in [0.25, 0.3) is 0 Å². The molecule has 0 bridgehead atoms. The lowest BCUT2D eigenvalue weighted by atomic mass is 10.3. The van der Waals surface area contributed by atoms with Crippen molar-refractivity contribution in [2.75, 3.05) is 14.1 Å². The lowest BCUT2D eigenvalue weighted by Crippen LogP contribution is -2.22. The van der Waals surface area contributed by atoms with E-state index < -0.39 is 12.1 Å². The highest BCUT2D eigenvalue weighted by molar-refractivity contribution is 6.35. The normalized spacial score (nSPS) is 11.0. The molecule has 24 heavy (non-hydrogen) atoms. The van der Waals surface area contributed by atoms with Crippen LogP contribution in [0.2, 0.25) is 10.0 Å². The van der Waals surface area contributed by atoms with Crippen LogP contribution in [-0.4, -0.2) is 31.3 Å². The van der Waals surface area contributed by atoms with Crippen LogP contribution in [0.5, 0.6) is 17.2 Å². The van der Waals surface area contributed by atoms with Crippen molar-refractivity contribution in [2.45, 2.75) is 13.0 Å². The van der Waals surface area contributed by atoms with Gasteiger partial charge in [-0.15, -0.1) is 0 Å². The Hall–Kier alpha value is -1.95. The number of halogens is 2. The minimum atomic E-state index is -1.02. The van der Waals surface area contributed by atoms with Crippen molar-refractivity contribution in [3.8, 4) is 17.2 Å². The van der Waals surface area contributed by atoms with Crippen LogP contribution in [-0.2, 0) is 4.79 Å². The number of rotatable bonds is 5. The van der Waals surface area contributed by atoms with Crippen LogP contribution in [0.3, 0.4) is 0 Å². The molecule has 130 valence electrons. The van der Waals surface area contributed by atoms with Crippen LogP contribution in [0.1, 0.15) is 6.92 Å². The number of carboxylic acid groups (broad SMARTS) is 1. The van der Waals surface area contributed by atoms with Crippen molar-refractivity contribution in [3.63, 3.8) is 0 Å². The van der Waals surface area contributed by atoms with Gasteiger partial charge in [-0.3, -0.25) is 0 Å². The van der Waals surface area contributed by atoms with Crippen LogP contribution in [0.4, 0.5) is 0 Å². The minimum Gasteiger partial charge on any atom is -0.479 e. The van der Waals surface area contributed by atoms with Gasteiger partial charge in [0.2, 0.25) is 0 Å². The van der Waals surface area contributed by atoms with Crippen molar-refractivity contribution in [3.05, 3.63) is 52.5 Å². The Balaban J connectivity index is 0.000000891. The molecule has 0 aliphatic rings. The van der Waals surface area contributed by atoms with Crippen LogP contribution in [0, 0.1) is 0 Å². The molecule has 0 amide bonds. The summed E-state index contributed by atoms with van der Waals surface area (Å²) >= 11 is 11.8. The number of carbonyl (C=O) groups is 1. The maximum absolute atomic E-state index is 10.7. The Morgan fingerprint density at radius 2 is 1.62 bits per heavy atom. The summed E-state index contributed by atoms with van der Waals surface area (Å²) in [7, 11) is 3.75. The highest BCUT2D eigenvalue weighted by Gasteiger charge is 2.12. The molecule has 2 N–H and O–H groups in total. The number of aliphatic carboxylic acids is 1. The highest BCUT2D eigenvalue weighted by atomic mass is 35.5. The molecule has 0 radical (unpaired) electrons. The van der Waals surface area contributed by atoms with Gasteiger partial charge in [0.15, 0.2) is 6.10 Å². The number of carboxylic acids is 1. The van der Waals surface area contributed by atoms with E-state index in [2.05, 4.69) is 5.32 Å². The van der Waals surface area contributed by atoms with Gasteiger partial charge < -0.3 is 19.9 Å². The van der Waals surface area contributed by atoms with Crippen LogP contribution < -0.4 is 14.8 Å². The minimum absolute atomic E-state index is 0.405. The molecule has 7 heteroatoms. The van der Waals surface area contributed by atoms with E-state index in [0.29, 0.717) is 27.3 Å². The molecule has 2 rings (SSSR count). The van der Waals surface area contributed by atoms with Crippen LogP contribution in [0.25, 0.3) is 0 Å². The third kappa shape index (κ3) is 6.66. The third-order valence-corrected chi connectivity index (χ3v) is 3.14. The van der Waals surface area contributed by atoms with Gasteiger partial charge >= 0.3 is 5.97 Å². The van der Waals surface area contributed by atoms with Gasteiger partial charge in [0.05, 0.1) is 5.02 Å². The van der Waals surface area contributed by atoms with E-state index in [9.17, 15) is 4.79 Å². The first-order chi connectivity index (χ1) is 11.4. The maximum Gasteiger partial charge on any atom is 0.344 e. The van der Waals surface area contributed by atoms with E-state index in [0.717, 1.165) is 0 Å². The Morgan fingerprint density at radius 3 is 2.12 bits per heavy atom. The molecule has 0 aliphatic heterocycles. The maximum atomic E-state index is 10.7. The molecule has 0 fully saturated rings. The fourth-order valence-corrected chi connectivity index (χ4v) is 1.97. The fraction of sp³-hybridized carbons (Fsp3) is 0.235. The molecule has 0 spiro atoms. The van der Waals surface area contributed by atoms with E-state index >= 15 is 0 Å². The summed E-state index contributed by atoms with van der Waals surface area (Å²) in [5.41, 5.74) is 0. The smallest absolute Gasteiger partial charge is 0.344 e. The first-order valence-electron chi connectivity index (χ1n) is 7.08. The highest BCUT2D eigenvalue weighted by Crippen LogP contribution is 2.32. The first-order valence-corrected chi connectivity index (χ1v) is 7.84. The van der Waals surface area contributed by atoms with Gasteiger partial charge in [0.1, 0.15) is 17.2 Å². The standard InChI is InChI=1S/C15H12Cl2O4.C2H7N/c1-9(15(18)19)20-11-3-5-12(6-4-11)21-14-7-2-10(16)8-13(14)17;1-3-2/h2-9H,1H3,(H,18,19);3H,1-2H3. The molecule has 2 aromatic rings. The lowest BCUT2D eigenvalue weighted by molar-refractivity contribution is -0.144. The van der Waals surface area contributed by atoms with Crippen molar-refractivity contribution in [1.82, 2.24) is 5.32 Å². The summed E-state index contributed by atoms with van der Waals surface area (Å²) in [5, 5.41) is 12.5. The summed E-state index contributed by atoms with van der Waals surface area (Å²) in [4.78, 5) is 10.7. The van der Waals surface area contributed by atoms with Crippen molar-refractivity contribution in [2.24, 2.45) is 0 Å². The van der Waals surface area contributed by atoms with Crippen LogP contribution in [0.15, 0.2) is 42.5 Å². The monoisotopic (exact) mass is 371 g/mol. The second-order valence-corrected chi connectivity index (χ2v) is 5.59. The van der Waals surface area contributed by atoms with Crippen molar-refractivity contribution >= 4 is 29.2 Å². The number of ether oxygens (including phenoxy) is 2. The van der Waals surface area contributed by atoms with E-state index in [4.69, 9.17) is 37.8 Å². The molecule has 0 saturated heterocycles. The van der Waals surface area contributed by atoms with E-state index in [1.807, 2.05) is 14.1 Å². The molecule has 0 aromatic heterocycles. The number of hydrogen-bond acceptors (Lipinski definition) is 4. The quantitative estimate of drug-likeness (QED) is 0.811. The number of benzene rings is 2. The van der Waals surface area contributed by atoms with Gasteiger partial charge in [-0.05, 0) is 63.5 Å². The Kier molecular flexibility index (Phi) is 8.40. The Labute approximate surface area is 151 Å². The number of hydrogen-bond donors (Lipinski definition) is 2. The topological polar surface area (TPSA) is 67.8 Å². The van der Waals surface area contributed by atoms with Gasteiger partial charge in [-0.25, -0.2) is 4.79 Å². The molecule has 1 atom stereocenters. The second-order valence-electron chi connectivity index (χ2n) is 4.75. The molecule has 0 aliphatic carbocycles. The molecular weight excluding hydrogens is 353 g/mol. The van der Waals surface area contributed by atoms with E-state index in [1.54, 1.807) is 42.5 Å². The summed E-state index contributed by atoms with van der Waals surface area (Å²) < 4.78 is 10.8. The lowest BCUT2D eigenvalue weighted by Gasteiger charge is -2.11. The molecule has 0 saturated carbocycles. The largest absolute Gasteiger partial charge is 0.479 e. The zero-order chi connectivity index (χ0) is 18.1. The summed E-state index contributed by atoms with van der Waals surface area (Å²) in [6, 6.07) is 11.5. The zero-order valence-corrected chi connectivity index (χ0v) is 15.1.